The predicted octanol–water partition coefficient (Wildman–Crippen LogP) is 5.38. The molecule has 1 amide bonds. The predicted molar refractivity (Wildman–Crippen MR) is 124 cm³/mol. The fraction of sp³-hybridized carbons (Fsp3) is 0.143. The number of nitrogens with one attached hydrogen (secondary N) is 1. The summed E-state index contributed by atoms with van der Waals surface area (Å²) in [7, 11) is 1.61. The van der Waals surface area contributed by atoms with Crippen molar-refractivity contribution in [2.24, 2.45) is 0 Å². The monoisotopic (exact) mass is 454 g/mol. The van der Waals surface area contributed by atoms with Crippen molar-refractivity contribution >= 4 is 46.0 Å². The number of rotatable bonds is 7. The maximum Gasteiger partial charge on any atom is 0.234 e. The second-order valence-electron chi connectivity index (χ2n) is 6.23. The molecule has 1 aromatic carbocycles. The summed E-state index contributed by atoms with van der Waals surface area (Å²) in [6.07, 6.45) is 0. The first kappa shape index (κ1) is 20.5. The number of carbonyl (C=O) groups is 1. The van der Waals surface area contributed by atoms with Crippen LogP contribution in [0.5, 0.6) is 5.75 Å². The molecule has 4 rings (SSSR count). The van der Waals surface area contributed by atoms with Crippen LogP contribution >= 0.6 is 34.4 Å². The highest BCUT2D eigenvalue weighted by molar-refractivity contribution is 7.99. The fourth-order valence-electron chi connectivity index (χ4n) is 2.67. The molecular weight excluding hydrogens is 436 g/mol. The van der Waals surface area contributed by atoms with E-state index in [-0.39, 0.29) is 11.7 Å². The fourth-order valence-corrected chi connectivity index (χ4v) is 5.11. The topological polar surface area (TPSA) is 77.0 Å². The number of benzene rings is 1. The Balaban J connectivity index is 1.36. The Morgan fingerprint density at radius 3 is 2.63 bits per heavy atom. The first-order chi connectivity index (χ1) is 14.6. The van der Waals surface area contributed by atoms with Crippen molar-refractivity contribution < 1.29 is 9.53 Å². The number of hydrogen-bond acceptors (Lipinski definition) is 8. The first-order valence-corrected chi connectivity index (χ1v) is 11.7. The number of methoxy groups -OCH3 is 1. The molecule has 9 heteroatoms. The number of amides is 1. The van der Waals surface area contributed by atoms with Crippen LogP contribution in [0.15, 0.2) is 58.9 Å². The summed E-state index contributed by atoms with van der Waals surface area (Å²) in [5, 5.41) is 15.2. The highest BCUT2D eigenvalue weighted by Crippen LogP contribution is 2.36. The van der Waals surface area contributed by atoms with Gasteiger partial charge in [-0.15, -0.1) is 32.9 Å². The van der Waals surface area contributed by atoms with Crippen LogP contribution < -0.4 is 10.1 Å². The van der Waals surface area contributed by atoms with Crippen LogP contribution in [0.4, 0.5) is 5.69 Å². The van der Waals surface area contributed by atoms with Crippen molar-refractivity contribution in [1.82, 2.24) is 15.2 Å². The molecule has 0 radical (unpaired) electrons. The minimum absolute atomic E-state index is 0.102. The lowest BCUT2D eigenvalue weighted by Gasteiger charge is -2.06. The van der Waals surface area contributed by atoms with Crippen LogP contribution in [0.3, 0.4) is 0 Å². The van der Waals surface area contributed by atoms with Gasteiger partial charge in [0.1, 0.15) is 21.5 Å². The van der Waals surface area contributed by atoms with E-state index >= 15 is 0 Å². The van der Waals surface area contributed by atoms with Crippen LogP contribution in [0.2, 0.25) is 0 Å². The summed E-state index contributed by atoms with van der Waals surface area (Å²) in [6.45, 7) is 1.98. The van der Waals surface area contributed by atoms with Gasteiger partial charge in [0.15, 0.2) is 0 Å². The van der Waals surface area contributed by atoms with Crippen LogP contribution in [-0.4, -0.2) is 34.0 Å². The molecule has 1 N–H and O–H groups in total. The van der Waals surface area contributed by atoms with Crippen LogP contribution in [0.1, 0.15) is 5.69 Å². The number of thioether (sulfide) groups is 1. The van der Waals surface area contributed by atoms with Crippen LogP contribution in [0, 0.1) is 6.92 Å². The van der Waals surface area contributed by atoms with Crippen molar-refractivity contribution in [3.8, 4) is 26.2 Å². The van der Waals surface area contributed by atoms with Crippen molar-refractivity contribution in [2.75, 3.05) is 18.2 Å². The first-order valence-electron chi connectivity index (χ1n) is 9.04. The molecule has 152 valence electrons. The summed E-state index contributed by atoms with van der Waals surface area (Å²) >= 11 is 4.63. The van der Waals surface area contributed by atoms with Crippen LogP contribution in [0.25, 0.3) is 20.5 Å². The lowest BCUT2D eigenvalue weighted by molar-refractivity contribution is -0.113. The van der Waals surface area contributed by atoms with Gasteiger partial charge in [-0.2, -0.15) is 0 Å². The zero-order valence-corrected chi connectivity index (χ0v) is 18.7. The molecule has 0 saturated carbocycles. The molecule has 0 aliphatic rings. The van der Waals surface area contributed by atoms with E-state index in [0.29, 0.717) is 5.03 Å². The summed E-state index contributed by atoms with van der Waals surface area (Å²) in [5.74, 6) is 0.897. The number of anilines is 1. The molecule has 0 atom stereocenters. The van der Waals surface area contributed by atoms with Crippen LogP contribution in [-0.2, 0) is 4.79 Å². The number of thiazole rings is 1. The van der Waals surface area contributed by atoms with E-state index in [1.54, 1.807) is 54.0 Å². The third-order valence-electron chi connectivity index (χ3n) is 4.13. The SMILES string of the molecule is COc1ccc(NC(=O)CSc2ccc(-c3sc(-c4cccs4)nc3C)nn2)cc1. The molecule has 6 nitrogen and oxygen atoms in total. The lowest BCUT2D eigenvalue weighted by atomic mass is 10.3. The minimum atomic E-state index is -0.102. The van der Waals surface area contributed by atoms with Gasteiger partial charge in [0.2, 0.25) is 5.91 Å². The average Bonchev–Trinajstić information content (AvgIpc) is 3.43. The van der Waals surface area contributed by atoms with Crippen molar-refractivity contribution in [1.29, 1.82) is 0 Å². The Kier molecular flexibility index (Phi) is 6.41. The number of aryl methyl sites for hydroxylation is 1. The van der Waals surface area contributed by atoms with E-state index in [0.717, 1.165) is 37.6 Å². The van der Waals surface area contributed by atoms with E-state index < -0.39 is 0 Å². The number of carbonyl (C=O) groups excluding carboxylic acids is 1. The molecule has 0 aliphatic carbocycles. The van der Waals surface area contributed by atoms with Crippen molar-refractivity contribution in [3.05, 3.63) is 59.6 Å². The Bertz CT molecular complexity index is 1120. The van der Waals surface area contributed by atoms with Gasteiger partial charge in [-0.3, -0.25) is 4.79 Å². The van der Waals surface area contributed by atoms with Gasteiger partial charge >= 0.3 is 0 Å². The number of hydrogen-bond donors (Lipinski definition) is 1. The smallest absolute Gasteiger partial charge is 0.234 e. The average molecular weight is 455 g/mol. The largest absolute Gasteiger partial charge is 0.497 e. The van der Waals surface area contributed by atoms with Gasteiger partial charge < -0.3 is 10.1 Å². The molecule has 4 aromatic rings. The second kappa shape index (κ2) is 9.38. The highest BCUT2D eigenvalue weighted by Gasteiger charge is 2.14. The number of ether oxygens (including phenoxy) is 1. The summed E-state index contributed by atoms with van der Waals surface area (Å²) in [5.41, 5.74) is 2.46. The standard InChI is InChI=1S/C21H18N4O2S3/c1-13-20(30-21(22-13)17-4-3-11-28-17)16-9-10-19(25-24-16)29-12-18(26)23-14-5-7-15(27-2)8-6-14/h3-11H,12H2,1-2H3,(H,23,26). The van der Waals surface area contributed by atoms with E-state index in [9.17, 15) is 4.79 Å². The third kappa shape index (κ3) is 4.86. The number of nitrogens with zero attached hydrogens (tertiary/aromatic N) is 3. The third-order valence-corrected chi connectivity index (χ3v) is 7.27. The van der Waals surface area contributed by atoms with E-state index in [1.165, 1.54) is 11.8 Å². The summed E-state index contributed by atoms with van der Waals surface area (Å²) in [6, 6.07) is 15.1. The van der Waals surface area contributed by atoms with E-state index in [4.69, 9.17) is 4.74 Å². The highest BCUT2D eigenvalue weighted by atomic mass is 32.2. The molecule has 0 aliphatic heterocycles. The van der Waals surface area contributed by atoms with Crippen molar-refractivity contribution in [2.45, 2.75) is 11.9 Å². The van der Waals surface area contributed by atoms with Gasteiger partial charge in [0, 0.05) is 5.69 Å². The molecule has 3 aromatic heterocycles. The molecule has 0 spiro atoms. The molecule has 3 heterocycles. The number of aromatic nitrogens is 3. The quantitative estimate of drug-likeness (QED) is 0.378. The van der Waals surface area contributed by atoms with Gasteiger partial charge in [-0.1, -0.05) is 17.8 Å². The Labute approximate surface area is 186 Å². The van der Waals surface area contributed by atoms with Gasteiger partial charge in [0.25, 0.3) is 0 Å². The maximum absolute atomic E-state index is 12.2. The van der Waals surface area contributed by atoms with Gasteiger partial charge in [0.05, 0.1) is 28.3 Å². The zero-order chi connectivity index (χ0) is 20.9. The molecule has 0 saturated heterocycles. The minimum Gasteiger partial charge on any atom is -0.497 e. The molecular formula is C21H18N4O2S3. The molecule has 0 unspecified atom stereocenters. The van der Waals surface area contributed by atoms with Gasteiger partial charge in [-0.25, -0.2) is 4.98 Å². The zero-order valence-electron chi connectivity index (χ0n) is 16.3. The molecule has 0 fully saturated rings. The summed E-state index contributed by atoms with van der Waals surface area (Å²) < 4.78 is 5.11. The Hall–Kier alpha value is -2.75. The van der Waals surface area contributed by atoms with E-state index in [2.05, 4.69) is 26.6 Å². The number of thiophene rings is 1. The maximum atomic E-state index is 12.2. The second-order valence-corrected chi connectivity index (χ2v) is 9.18. The normalized spacial score (nSPS) is 10.7. The lowest BCUT2D eigenvalue weighted by Crippen LogP contribution is -2.14. The van der Waals surface area contributed by atoms with E-state index in [1.807, 2.05) is 30.5 Å². The molecule has 30 heavy (non-hydrogen) atoms. The summed E-state index contributed by atoms with van der Waals surface area (Å²) in [4.78, 5) is 19.0. The molecule has 0 bridgehead atoms. The Morgan fingerprint density at radius 2 is 1.97 bits per heavy atom. The van der Waals surface area contributed by atoms with Crippen molar-refractivity contribution in [3.63, 3.8) is 0 Å². The Morgan fingerprint density at radius 1 is 1.13 bits per heavy atom. The van der Waals surface area contributed by atoms with Gasteiger partial charge in [-0.05, 0) is 54.8 Å².